The molecule has 2 aliphatic heterocycles. The Morgan fingerprint density at radius 1 is 0.250 bits per heavy atom. The maximum absolute atomic E-state index is 16.1. The van der Waals surface area contributed by atoms with Crippen LogP contribution in [0.25, 0.3) is 90.9 Å². The number of benzene rings is 4. The van der Waals surface area contributed by atoms with Crippen molar-refractivity contribution in [3.05, 3.63) is 158 Å². The normalized spacial score (nSPS) is 12.3. The van der Waals surface area contributed by atoms with E-state index in [4.69, 9.17) is 0 Å². The van der Waals surface area contributed by atoms with Crippen LogP contribution >= 0.6 is 63.7 Å². The largest absolute Gasteiger partial charge is 0.354 e. The van der Waals surface area contributed by atoms with E-state index >= 15 is 70.2 Å². The molecular weight excluding hydrogens is 1210 g/mol. The summed E-state index contributed by atoms with van der Waals surface area (Å²) in [6.07, 6.45) is 3.26. The van der Waals surface area contributed by atoms with Crippen LogP contribution in [0.1, 0.15) is 22.8 Å². The molecule has 0 aliphatic carbocycles. The number of aromatic nitrogens is 4. The summed E-state index contributed by atoms with van der Waals surface area (Å²) in [5, 5.41) is 0. The summed E-state index contributed by atoms with van der Waals surface area (Å²) in [5.41, 5.74) is -16.1. The molecular formula is C44H10Br4F16N4. The van der Waals surface area contributed by atoms with Crippen molar-refractivity contribution in [2.24, 2.45) is 0 Å². The topological polar surface area (TPSA) is 57.4 Å². The summed E-state index contributed by atoms with van der Waals surface area (Å²) < 4.78 is 246. The highest BCUT2D eigenvalue weighted by atomic mass is 79.9. The second-order valence-corrected chi connectivity index (χ2v) is 17.5. The SMILES string of the molecule is Fc1c(F)c(-c2c3nc(c(-c4c(F)c(F)c(Br)c(F)c4F)c4ccc([nH]4)c(-c4c(F)c(F)c(Br)c(F)c4F)c4nc(c(-c5c(F)c(F)c(Br)c(F)c5F)c5ccc2[nH]5)C=C4)C=C3)c(F)c(F)c1Br. The van der Waals surface area contributed by atoms with Crippen LogP contribution in [-0.4, -0.2) is 19.9 Å². The Hall–Kier alpha value is -5.72. The van der Waals surface area contributed by atoms with Gasteiger partial charge in [-0.2, -0.15) is 0 Å². The standard InChI is InChI=1S/C44H10Br4F16N4/c45-25-37(57)29(49)21(30(50)38(25)58)17-9-1-2-10(65-9)18(22-31(51)39(59)26(46)40(60)32(22)52)12-5-6-14(67-12)20(24-35(55)43(63)28(48)44(64)36(24)56)16-8-7-15(68-16)19(13-4-3-11(17)66-13)23-33(53)41(61)27(47)42(62)34(23)54/h1-8,65,68H. The van der Waals surface area contributed by atoms with Gasteiger partial charge in [0.05, 0.1) is 62.9 Å². The quantitative estimate of drug-likeness (QED) is 0.105. The van der Waals surface area contributed by atoms with Gasteiger partial charge in [0.2, 0.25) is 0 Å². The summed E-state index contributed by atoms with van der Waals surface area (Å²) >= 11 is 9.57. The van der Waals surface area contributed by atoms with E-state index < -0.39 is 200 Å². The van der Waals surface area contributed by atoms with E-state index in [9.17, 15) is 0 Å². The van der Waals surface area contributed by atoms with Gasteiger partial charge in [-0.1, -0.05) is 0 Å². The highest BCUT2D eigenvalue weighted by Gasteiger charge is 2.34. The van der Waals surface area contributed by atoms with Crippen molar-refractivity contribution in [1.82, 2.24) is 19.9 Å². The molecule has 4 aromatic carbocycles. The van der Waals surface area contributed by atoms with E-state index in [2.05, 4.69) is 83.7 Å². The molecule has 4 nitrogen and oxygen atoms in total. The van der Waals surface area contributed by atoms with E-state index in [0.29, 0.717) is 0 Å². The second kappa shape index (κ2) is 17.1. The van der Waals surface area contributed by atoms with Gasteiger partial charge in [0.1, 0.15) is 0 Å². The van der Waals surface area contributed by atoms with Crippen molar-refractivity contribution in [2.45, 2.75) is 0 Å². The Balaban J connectivity index is 1.60. The number of rotatable bonds is 4. The Morgan fingerprint density at radius 2 is 0.412 bits per heavy atom. The first-order valence-electron chi connectivity index (χ1n) is 18.3. The van der Waals surface area contributed by atoms with Gasteiger partial charge < -0.3 is 9.97 Å². The molecule has 9 rings (SSSR count). The number of fused-ring (bicyclic) bond motifs is 8. The first-order valence-corrected chi connectivity index (χ1v) is 21.5. The highest BCUT2D eigenvalue weighted by molar-refractivity contribution is 9.11. The fraction of sp³-hybridized carbons (Fsp3) is 0. The minimum Gasteiger partial charge on any atom is -0.354 e. The zero-order valence-corrected chi connectivity index (χ0v) is 38.4. The number of H-pyrrole nitrogens is 2. The van der Waals surface area contributed by atoms with Crippen molar-refractivity contribution in [3.8, 4) is 44.5 Å². The van der Waals surface area contributed by atoms with Crippen LogP contribution < -0.4 is 0 Å². The van der Waals surface area contributed by atoms with Crippen LogP contribution in [0.15, 0.2) is 42.2 Å². The molecule has 5 heterocycles. The predicted molar refractivity (Wildman–Crippen MR) is 231 cm³/mol. The Bertz CT molecular complexity index is 3130. The number of aromatic amines is 2. The first kappa shape index (κ1) is 47.4. The Kier molecular flexibility index (Phi) is 11.9. The van der Waals surface area contributed by atoms with Crippen LogP contribution in [0.2, 0.25) is 0 Å². The Morgan fingerprint density at radius 3 is 0.574 bits per heavy atom. The molecule has 3 aromatic heterocycles. The monoisotopic (exact) mass is 1210 g/mol. The third kappa shape index (κ3) is 6.97. The highest BCUT2D eigenvalue weighted by Crippen LogP contribution is 2.46. The number of hydrogen-bond acceptors (Lipinski definition) is 2. The maximum Gasteiger partial charge on any atom is 0.176 e. The summed E-state index contributed by atoms with van der Waals surface area (Å²) in [5.74, 6) is -33.1. The molecule has 0 amide bonds. The van der Waals surface area contributed by atoms with E-state index in [1.54, 1.807) is 0 Å². The lowest BCUT2D eigenvalue weighted by atomic mass is 10.0. The Labute approximate surface area is 400 Å². The first-order chi connectivity index (χ1) is 32.1. The fourth-order valence-electron chi connectivity index (χ4n) is 7.56. The minimum atomic E-state index is -2.11. The third-order valence-corrected chi connectivity index (χ3v) is 13.4. The maximum atomic E-state index is 16.1. The van der Waals surface area contributed by atoms with Crippen molar-refractivity contribution in [1.29, 1.82) is 0 Å². The van der Waals surface area contributed by atoms with Crippen molar-refractivity contribution in [2.75, 3.05) is 0 Å². The van der Waals surface area contributed by atoms with Gasteiger partial charge in [0.15, 0.2) is 93.1 Å². The molecule has 0 unspecified atom stereocenters. The van der Waals surface area contributed by atoms with Crippen molar-refractivity contribution in [3.63, 3.8) is 0 Å². The lowest BCUT2D eigenvalue weighted by Gasteiger charge is -2.12. The van der Waals surface area contributed by atoms with E-state index in [0.717, 1.165) is 48.6 Å². The van der Waals surface area contributed by atoms with E-state index in [1.807, 2.05) is 0 Å². The van der Waals surface area contributed by atoms with Gasteiger partial charge in [-0.25, -0.2) is 80.2 Å². The molecule has 2 aliphatic rings. The lowest BCUT2D eigenvalue weighted by molar-refractivity contribution is 0.451. The molecule has 24 heteroatoms. The minimum absolute atomic E-state index is 0.696. The van der Waals surface area contributed by atoms with Gasteiger partial charge in [-0.3, -0.25) is 0 Å². The van der Waals surface area contributed by atoms with Gasteiger partial charge in [0, 0.05) is 44.3 Å². The second-order valence-electron chi connectivity index (χ2n) is 14.3. The van der Waals surface area contributed by atoms with Crippen LogP contribution in [0, 0.1) is 93.1 Å². The average molecular weight is 1220 g/mol. The molecule has 0 fully saturated rings. The van der Waals surface area contributed by atoms with E-state index in [1.165, 1.54) is 0 Å². The van der Waals surface area contributed by atoms with Gasteiger partial charge in [0.25, 0.3) is 0 Å². The summed E-state index contributed by atoms with van der Waals surface area (Å²) in [7, 11) is 0. The summed E-state index contributed by atoms with van der Waals surface area (Å²) in [6, 6.07) is 3.37. The molecule has 0 saturated heterocycles. The third-order valence-electron chi connectivity index (χ3n) is 10.6. The molecule has 0 radical (unpaired) electrons. The zero-order chi connectivity index (χ0) is 49.3. The summed E-state index contributed by atoms with van der Waals surface area (Å²) in [4.78, 5) is 13.3. The van der Waals surface area contributed by atoms with Crippen LogP contribution in [0.3, 0.4) is 0 Å². The molecule has 0 saturated carbocycles. The van der Waals surface area contributed by atoms with Crippen molar-refractivity contribution < 1.29 is 70.2 Å². The summed E-state index contributed by atoms with van der Waals surface area (Å²) in [6.45, 7) is 0. The predicted octanol–water partition coefficient (Wildman–Crippen LogP) is 16.6. The van der Waals surface area contributed by atoms with Crippen molar-refractivity contribution >= 4 is 110 Å². The van der Waals surface area contributed by atoms with Crippen LogP contribution in [-0.2, 0) is 0 Å². The fourth-order valence-corrected chi connectivity index (χ4v) is 8.95. The van der Waals surface area contributed by atoms with Gasteiger partial charge >= 0.3 is 0 Å². The van der Waals surface area contributed by atoms with Crippen LogP contribution in [0.4, 0.5) is 70.2 Å². The van der Waals surface area contributed by atoms with Gasteiger partial charge in [-0.05, 0) is 112 Å². The number of hydrogen-bond donors (Lipinski definition) is 2. The molecule has 0 atom stereocenters. The average Bonchev–Trinajstić information content (AvgIpc) is 4.18. The number of nitrogens with zero attached hydrogens (tertiary/aromatic N) is 2. The molecule has 346 valence electrons. The molecule has 68 heavy (non-hydrogen) atoms. The lowest BCUT2D eigenvalue weighted by Crippen LogP contribution is -2.04. The molecule has 0 spiro atoms. The zero-order valence-electron chi connectivity index (χ0n) is 32.1. The smallest absolute Gasteiger partial charge is 0.176 e. The molecule has 8 bridgehead atoms. The van der Waals surface area contributed by atoms with E-state index in [-0.39, 0.29) is 0 Å². The van der Waals surface area contributed by atoms with Crippen LogP contribution in [0.5, 0.6) is 0 Å². The number of halogens is 20. The molecule has 2 N–H and O–H groups in total. The van der Waals surface area contributed by atoms with Gasteiger partial charge in [-0.15, -0.1) is 0 Å². The number of nitrogens with one attached hydrogen (secondary N) is 2. The molecule has 7 aromatic rings.